The van der Waals surface area contributed by atoms with Gasteiger partial charge in [0.05, 0.1) is 13.2 Å². The number of rotatable bonds is 7. The van der Waals surface area contributed by atoms with E-state index in [1.807, 2.05) is 11.0 Å². The van der Waals surface area contributed by atoms with Crippen LogP contribution in [-0.2, 0) is 4.74 Å². The molecule has 1 aromatic carbocycles. The molecular formula is C12H17ClN2O2S. The van der Waals surface area contributed by atoms with Gasteiger partial charge >= 0.3 is 0 Å². The lowest BCUT2D eigenvalue weighted by molar-refractivity contribution is 0.203. The highest BCUT2D eigenvalue weighted by molar-refractivity contribution is 7.80. The van der Waals surface area contributed by atoms with Gasteiger partial charge in [-0.25, -0.2) is 0 Å². The monoisotopic (exact) mass is 288 g/mol. The molecule has 0 aliphatic rings. The summed E-state index contributed by atoms with van der Waals surface area (Å²) in [5.74, 6) is 0. The molecule has 0 aliphatic carbocycles. The number of anilines is 1. The molecule has 0 amide bonds. The van der Waals surface area contributed by atoms with E-state index in [1.54, 1.807) is 19.2 Å². The Morgan fingerprint density at radius 2 is 2.22 bits per heavy atom. The number of hydrogen-bond donors (Lipinski definition) is 2. The van der Waals surface area contributed by atoms with Crippen molar-refractivity contribution in [3.05, 3.63) is 28.8 Å². The van der Waals surface area contributed by atoms with Gasteiger partial charge in [0.25, 0.3) is 0 Å². The van der Waals surface area contributed by atoms with E-state index in [2.05, 4.69) is 0 Å². The quantitative estimate of drug-likeness (QED) is 0.743. The summed E-state index contributed by atoms with van der Waals surface area (Å²) in [5, 5.41) is 9.69. The fraction of sp³-hybridized carbons (Fsp3) is 0.417. The Morgan fingerprint density at radius 3 is 2.78 bits per heavy atom. The molecule has 0 radical (unpaired) electrons. The molecule has 18 heavy (non-hydrogen) atoms. The van der Waals surface area contributed by atoms with Gasteiger partial charge < -0.3 is 20.5 Å². The molecule has 0 saturated carbocycles. The van der Waals surface area contributed by atoms with Crippen molar-refractivity contribution in [2.24, 2.45) is 5.73 Å². The molecule has 0 unspecified atom stereocenters. The van der Waals surface area contributed by atoms with Crippen molar-refractivity contribution in [2.45, 2.75) is 0 Å². The fourth-order valence-electron chi connectivity index (χ4n) is 1.66. The van der Waals surface area contributed by atoms with Crippen LogP contribution in [-0.4, -0.2) is 43.5 Å². The summed E-state index contributed by atoms with van der Waals surface area (Å²) in [6, 6.07) is 5.36. The Labute approximate surface area is 117 Å². The fourth-order valence-corrected chi connectivity index (χ4v) is 1.99. The molecule has 0 heterocycles. The molecule has 0 bridgehead atoms. The van der Waals surface area contributed by atoms with Gasteiger partial charge in [-0.3, -0.25) is 0 Å². The summed E-state index contributed by atoms with van der Waals surface area (Å²) in [5.41, 5.74) is 7.27. The topological polar surface area (TPSA) is 58.7 Å². The van der Waals surface area contributed by atoms with Crippen LogP contribution in [0.2, 0.25) is 5.02 Å². The zero-order chi connectivity index (χ0) is 13.5. The number of aliphatic hydroxyl groups is 1. The standard InChI is InChI=1S/C12H17ClN2O2S/c1-17-7-5-15(4-6-16)11-3-2-9(13)8-10(11)12(14)18/h2-3,8,16H,4-7H2,1H3,(H2,14,18). The van der Waals surface area contributed by atoms with Crippen molar-refractivity contribution in [2.75, 3.05) is 38.3 Å². The molecule has 1 rings (SSSR count). The lowest BCUT2D eigenvalue weighted by atomic mass is 10.1. The molecule has 3 N–H and O–H groups in total. The molecule has 6 heteroatoms. The molecule has 0 spiro atoms. The van der Waals surface area contributed by atoms with Crippen LogP contribution in [0.3, 0.4) is 0 Å². The Morgan fingerprint density at radius 1 is 1.50 bits per heavy atom. The maximum Gasteiger partial charge on any atom is 0.106 e. The molecule has 4 nitrogen and oxygen atoms in total. The normalized spacial score (nSPS) is 10.4. The van der Waals surface area contributed by atoms with E-state index in [0.717, 1.165) is 5.69 Å². The number of hydrogen-bond acceptors (Lipinski definition) is 4. The molecule has 0 aromatic heterocycles. The van der Waals surface area contributed by atoms with Gasteiger partial charge in [-0.2, -0.15) is 0 Å². The average molecular weight is 289 g/mol. The summed E-state index contributed by atoms with van der Waals surface area (Å²) in [6.07, 6.45) is 0. The van der Waals surface area contributed by atoms with Crippen molar-refractivity contribution < 1.29 is 9.84 Å². The van der Waals surface area contributed by atoms with E-state index < -0.39 is 0 Å². The highest BCUT2D eigenvalue weighted by atomic mass is 35.5. The van der Waals surface area contributed by atoms with Gasteiger partial charge in [0.2, 0.25) is 0 Å². The minimum Gasteiger partial charge on any atom is -0.395 e. The Kier molecular flexibility index (Phi) is 6.35. The van der Waals surface area contributed by atoms with Crippen molar-refractivity contribution in [1.29, 1.82) is 0 Å². The number of nitrogens with two attached hydrogens (primary N) is 1. The maximum atomic E-state index is 9.11. The van der Waals surface area contributed by atoms with E-state index in [-0.39, 0.29) is 11.6 Å². The van der Waals surface area contributed by atoms with Crippen LogP contribution in [0, 0.1) is 0 Å². The third-order valence-electron chi connectivity index (χ3n) is 2.50. The molecule has 100 valence electrons. The van der Waals surface area contributed by atoms with Crippen molar-refractivity contribution in [3.8, 4) is 0 Å². The Bertz CT molecular complexity index is 415. The van der Waals surface area contributed by atoms with E-state index in [9.17, 15) is 0 Å². The summed E-state index contributed by atoms with van der Waals surface area (Å²) >= 11 is 11.0. The number of thiocarbonyl (C=S) groups is 1. The number of nitrogens with zero attached hydrogens (tertiary/aromatic N) is 1. The second-order valence-electron chi connectivity index (χ2n) is 3.73. The summed E-state index contributed by atoms with van der Waals surface area (Å²) in [7, 11) is 1.63. The second-order valence-corrected chi connectivity index (χ2v) is 4.61. The van der Waals surface area contributed by atoms with Gasteiger partial charge in [-0.1, -0.05) is 23.8 Å². The lowest BCUT2D eigenvalue weighted by Crippen LogP contribution is -2.32. The third kappa shape index (κ3) is 4.10. The van der Waals surface area contributed by atoms with E-state index in [4.69, 9.17) is 39.4 Å². The third-order valence-corrected chi connectivity index (χ3v) is 2.96. The van der Waals surface area contributed by atoms with Crippen LogP contribution in [0.1, 0.15) is 5.56 Å². The zero-order valence-electron chi connectivity index (χ0n) is 10.2. The number of benzene rings is 1. The largest absolute Gasteiger partial charge is 0.395 e. The number of halogens is 1. The molecular weight excluding hydrogens is 272 g/mol. The predicted molar refractivity (Wildman–Crippen MR) is 78.5 cm³/mol. The highest BCUT2D eigenvalue weighted by Gasteiger charge is 2.13. The molecule has 0 aliphatic heterocycles. The van der Waals surface area contributed by atoms with Gasteiger partial charge in [0, 0.05) is 36.5 Å². The van der Waals surface area contributed by atoms with Crippen LogP contribution < -0.4 is 10.6 Å². The second kappa shape index (κ2) is 7.53. The van der Waals surface area contributed by atoms with Crippen LogP contribution in [0.25, 0.3) is 0 Å². The highest BCUT2D eigenvalue weighted by Crippen LogP contribution is 2.24. The first kappa shape index (κ1) is 15.2. The summed E-state index contributed by atoms with van der Waals surface area (Å²) < 4.78 is 5.05. The average Bonchev–Trinajstić information content (AvgIpc) is 2.34. The zero-order valence-corrected chi connectivity index (χ0v) is 11.8. The van der Waals surface area contributed by atoms with Crippen LogP contribution in [0.4, 0.5) is 5.69 Å². The molecule has 0 atom stereocenters. The number of aliphatic hydroxyl groups excluding tert-OH is 1. The Hall–Kier alpha value is -0.880. The number of ether oxygens (including phenoxy) is 1. The van der Waals surface area contributed by atoms with Crippen molar-refractivity contribution >= 4 is 34.5 Å². The SMILES string of the molecule is COCCN(CCO)c1ccc(Cl)cc1C(N)=S. The van der Waals surface area contributed by atoms with E-state index >= 15 is 0 Å². The van der Waals surface area contributed by atoms with Gasteiger partial charge in [0.15, 0.2) is 0 Å². The van der Waals surface area contributed by atoms with Gasteiger partial charge in [-0.15, -0.1) is 0 Å². The molecule has 0 saturated heterocycles. The molecule has 0 fully saturated rings. The van der Waals surface area contributed by atoms with Crippen LogP contribution in [0.5, 0.6) is 0 Å². The smallest absolute Gasteiger partial charge is 0.106 e. The Balaban J connectivity index is 3.05. The summed E-state index contributed by atoms with van der Waals surface area (Å²) in [6.45, 7) is 1.73. The minimum atomic E-state index is 0.0448. The molecule has 1 aromatic rings. The first-order chi connectivity index (χ1) is 8.60. The van der Waals surface area contributed by atoms with Gasteiger partial charge in [-0.05, 0) is 18.2 Å². The summed E-state index contributed by atoms with van der Waals surface area (Å²) in [4.78, 5) is 2.25. The van der Waals surface area contributed by atoms with Crippen LogP contribution in [0.15, 0.2) is 18.2 Å². The predicted octanol–water partition coefficient (Wildman–Crippen LogP) is 1.42. The van der Waals surface area contributed by atoms with E-state index in [0.29, 0.717) is 30.3 Å². The first-order valence-electron chi connectivity index (χ1n) is 5.54. The maximum absolute atomic E-state index is 9.11. The first-order valence-corrected chi connectivity index (χ1v) is 6.33. The van der Waals surface area contributed by atoms with Crippen molar-refractivity contribution in [1.82, 2.24) is 0 Å². The van der Waals surface area contributed by atoms with Crippen LogP contribution >= 0.6 is 23.8 Å². The minimum absolute atomic E-state index is 0.0448. The van der Waals surface area contributed by atoms with Gasteiger partial charge in [0.1, 0.15) is 4.99 Å². The lowest BCUT2D eigenvalue weighted by Gasteiger charge is -2.26. The van der Waals surface area contributed by atoms with Crippen molar-refractivity contribution in [3.63, 3.8) is 0 Å². The van der Waals surface area contributed by atoms with E-state index in [1.165, 1.54) is 0 Å². The number of methoxy groups -OCH3 is 1.